The van der Waals surface area contributed by atoms with E-state index in [1.165, 1.54) is 20.5 Å². The van der Waals surface area contributed by atoms with Gasteiger partial charge in [-0.1, -0.05) is 6.92 Å². The fourth-order valence-corrected chi connectivity index (χ4v) is 3.62. The number of nitrogen functional groups attached to an aromatic ring is 1. The van der Waals surface area contributed by atoms with E-state index < -0.39 is 0 Å². The Balaban J connectivity index is 2.31. The molecule has 0 radical (unpaired) electrons. The second kappa shape index (κ2) is 3.61. The van der Waals surface area contributed by atoms with E-state index in [1.54, 1.807) is 0 Å². The lowest BCUT2D eigenvalue weighted by molar-refractivity contribution is 0.700. The number of rotatable bonds is 0. The van der Waals surface area contributed by atoms with Crippen molar-refractivity contribution >= 4 is 33.2 Å². The summed E-state index contributed by atoms with van der Waals surface area (Å²) >= 11 is 1.82. The molecule has 0 aliphatic heterocycles. The summed E-state index contributed by atoms with van der Waals surface area (Å²) in [7, 11) is 0. The van der Waals surface area contributed by atoms with Crippen LogP contribution in [0.3, 0.4) is 0 Å². The lowest BCUT2D eigenvalue weighted by Gasteiger charge is -2.15. The molecule has 1 aliphatic carbocycles. The van der Waals surface area contributed by atoms with Crippen LogP contribution < -0.4 is 5.73 Å². The third kappa shape index (κ3) is 1.53. The molecule has 17 heavy (non-hydrogen) atoms. The lowest BCUT2D eigenvalue weighted by Crippen LogP contribution is -2.06. The molecule has 0 saturated carbocycles. The summed E-state index contributed by atoms with van der Waals surface area (Å²) in [5.74, 6) is 0.331. The van der Waals surface area contributed by atoms with E-state index >= 15 is 0 Å². The Bertz CT molecular complexity index is 673. The highest BCUT2D eigenvalue weighted by atomic mass is 32.1. The van der Waals surface area contributed by atoms with Crippen LogP contribution >= 0.6 is 11.3 Å². The predicted octanol–water partition coefficient (Wildman–Crippen LogP) is 3.58. The number of nitriles is 1. The number of nitrogens with two attached hydrogens (primary N) is 1. The summed E-state index contributed by atoms with van der Waals surface area (Å²) in [6.07, 6.45) is 3.00. The molecule has 3 rings (SSSR count). The van der Waals surface area contributed by atoms with Gasteiger partial charge in [0.15, 0.2) is 0 Å². The minimum Gasteiger partial charge on any atom is -0.399 e. The minimum atomic E-state index is 0.331. The van der Waals surface area contributed by atoms with Gasteiger partial charge in [0.2, 0.25) is 0 Å². The average molecular weight is 240 g/mol. The number of benzene rings is 1. The monoisotopic (exact) mass is 240 g/mol. The van der Waals surface area contributed by atoms with Crippen molar-refractivity contribution in [1.29, 1.82) is 5.26 Å². The predicted molar refractivity (Wildman–Crippen MR) is 72.7 cm³/mol. The van der Waals surface area contributed by atoms with E-state index in [4.69, 9.17) is 11.0 Å². The topological polar surface area (TPSA) is 49.8 Å². The Morgan fingerprint density at radius 3 is 3.06 bits per heavy atom. The molecule has 0 saturated heterocycles. The molecule has 2 N–H and O–H groups in total. The zero-order valence-corrected chi connectivity index (χ0v) is 10.3. The zero-order chi connectivity index (χ0) is 12.0. The first-order valence-electron chi connectivity index (χ1n) is 5.61. The first kappa shape index (κ1) is 10.4. The van der Waals surface area contributed by atoms with Gasteiger partial charge in [-0.15, -0.1) is 11.3 Å². The Morgan fingerprint density at radius 1 is 1.47 bits per heavy atom. The number of anilines is 1. The fraction of sp³-hybridized carbons (Fsp3) is 0.214. The van der Waals surface area contributed by atoms with Crippen LogP contribution in [-0.2, 0) is 6.42 Å². The fourth-order valence-electron chi connectivity index (χ4n) is 2.32. The average Bonchev–Trinajstić information content (AvgIpc) is 2.65. The molecule has 1 aliphatic rings. The highest BCUT2D eigenvalue weighted by Crippen LogP contribution is 2.39. The SMILES string of the molecule is CC1Cc2sc3ccc(N)cc3c2C=C1C#N. The van der Waals surface area contributed by atoms with Crippen LogP contribution in [0.2, 0.25) is 0 Å². The summed E-state index contributed by atoms with van der Waals surface area (Å²) in [5, 5.41) is 10.3. The van der Waals surface area contributed by atoms with Crippen LogP contribution in [0.1, 0.15) is 17.4 Å². The van der Waals surface area contributed by atoms with Crippen LogP contribution in [0.25, 0.3) is 16.2 Å². The number of nitrogens with zero attached hydrogens (tertiary/aromatic N) is 1. The van der Waals surface area contributed by atoms with E-state index in [2.05, 4.69) is 19.1 Å². The molecule has 0 fully saturated rings. The van der Waals surface area contributed by atoms with E-state index in [0.717, 1.165) is 17.7 Å². The van der Waals surface area contributed by atoms with Gasteiger partial charge in [0.25, 0.3) is 0 Å². The molecule has 1 heterocycles. The van der Waals surface area contributed by atoms with Gasteiger partial charge in [-0.25, -0.2) is 0 Å². The second-order valence-corrected chi connectivity index (χ2v) is 5.65. The van der Waals surface area contributed by atoms with Gasteiger partial charge in [0.1, 0.15) is 0 Å². The van der Waals surface area contributed by atoms with Gasteiger partial charge in [-0.05, 0) is 42.2 Å². The minimum absolute atomic E-state index is 0.331. The summed E-state index contributed by atoms with van der Waals surface area (Å²) in [5.41, 5.74) is 8.69. The van der Waals surface area contributed by atoms with Crippen LogP contribution in [0, 0.1) is 17.2 Å². The number of thiophene rings is 1. The first-order valence-corrected chi connectivity index (χ1v) is 6.43. The molecule has 2 aromatic rings. The van der Waals surface area contributed by atoms with Gasteiger partial charge in [-0.3, -0.25) is 0 Å². The molecular weight excluding hydrogens is 228 g/mol. The van der Waals surface area contributed by atoms with Gasteiger partial charge in [0.05, 0.1) is 6.07 Å². The molecule has 0 bridgehead atoms. The van der Waals surface area contributed by atoms with Gasteiger partial charge < -0.3 is 5.73 Å². The molecule has 3 heteroatoms. The highest BCUT2D eigenvalue weighted by Gasteiger charge is 2.21. The number of hydrogen-bond donors (Lipinski definition) is 1. The maximum absolute atomic E-state index is 9.11. The highest BCUT2D eigenvalue weighted by molar-refractivity contribution is 7.19. The molecule has 1 aromatic heterocycles. The quantitative estimate of drug-likeness (QED) is 0.715. The molecule has 1 aromatic carbocycles. The smallest absolute Gasteiger partial charge is 0.0950 e. The zero-order valence-electron chi connectivity index (χ0n) is 9.53. The van der Waals surface area contributed by atoms with E-state index in [1.807, 2.05) is 29.5 Å². The molecule has 0 spiro atoms. The van der Waals surface area contributed by atoms with E-state index in [0.29, 0.717) is 5.92 Å². The van der Waals surface area contributed by atoms with Crippen LogP contribution in [0.4, 0.5) is 5.69 Å². The van der Waals surface area contributed by atoms with Crippen molar-refractivity contribution in [2.24, 2.45) is 5.92 Å². The summed E-state index contributed by atoms with van der Waals surface area (Å²) in [6, 6.07) is 8.31. The van der Waals surface area contributed by atoms with E-state index in [-0.39, 0.29) is 0 Å². The van der Waals surface area contributed by atoms with Crippen molar-refractivity contribution < 1.29 is 0 Å². The Kier molecular flexibility index (Phi) is 2.20. The lowest BCUT2D eigenvalue weighted by atomic mass is 9.89. The van der Waals surface area contributed by atoms with Gasteiger partial charge >= 0.3 is 0 Å². The maximum Gasteiger partial charge on any atom is 0.0950 e. The van der Waals surface area contributed by atoms with Crippen molar-refractivity contribution in [1.82, 2.24) is 0 Å². The van der Waals surface area contributed by atoms with Crippen molar-refractivity contribution in [3.05, 3.63) is 34.2 Å². The Hall–Kier alpha value is -1.79. The summed E-state index contributed by atoms with van der Waals surface area (Å²) in [4.78, 5) is 1.37. The number of hydrogen-bond acceptors (Lipinski definition) is 3. The van der Waals surface area contributed by atoms with Crippen molar-refractivity contribution in [3.63, 3.8) is 0 Å². The standard InChI is InChI=1S/C14H12N2S/c1-8-4-14-11(5-9(8)7-15)12-6-10(16)2-3-13(12)17-14/h2-3,5-6,8H,4,16H2,1H3. The Labute approximate surface area is 104 Å². The molecule has 0 amide bonds. The molecular formula is C14H12N2S. The van der Waals surface area contributed by atoms with E-state index in [9.17, 15) is 0 Å². The van der Waals surface area contributed by atoms with Crippen molar-refractivity contribution in [2.45, 2.75) is 13.3 Å². The van der Waals surface area contributed by atoms with Crippen LogP contribution in [0.5, 0.6) is 0 Å². The largest absolute Gasteiger partial charge is 0.399 e. The summed E-state index contributed by atoms with van der Waals surface area (Å²) < 4.78 is 1.26. The van der Waals surface area contributed by atoms with Crippen molar-refractivity contribution in [2.75, 3.05) is 5.73 Å². The normalized spacial score (nSPS) is 18.6. The molecule has 84 valence electrons. The third-order valence-electron chi connectivity index (χ3n) is 3.28. The maximum atomic E-state index is 9.11. The third-order valence-corrected chi connectivity index (χ3v) is 4.49. The van der Waals surface area contributed by atoms with Crippen molar-refractivity contribution in [3.8, 4) is 6.07 Å². The second-order valence-electron chi connectivity index (χ2n) is 4.51. The van der Waals surface area contributed by atoms with Crippen LogP contribution in [0.15, 0.2) is 23.8 Å². The molecule has 1 atom stereocenters. The van der Waals surface area contributed by atoms with Crippen LogP contribution in [-0.4, -0.2) is 0 Å². The number of fused-ring (bicyclic) bond motifs is 3. The summed E-state index contributed by atoms with van der Waals surface area (Å²) in [6.45, 7) is 2.11. The molecule has 2 nitrogen and oxygen atoms in total. The van der Waals surface area contributed by atoms with Gasteiger partial charge in [-0.2, -0.15) is 5.26 Å². The Morgan fingerprint density at radius 2 is 2.29 bits per heavy atom. The first-order chi connectivity index (χ1) is 8.19. The molecule has 1 unspecified atom stereocenters. The van der Waals surface area contributed by atoms with Gasteiger partial charge in [0, 0.05) is 26.2 Å². The number of allylic oxidation sites excluding steroid dienone is 1.